The minimum Gasteiger partial charge on any atom is -0.393 e. The fourth-order valence-corrected chi connectivity index (χ4v) is 2.03. The van der Waals surface area contributed by atoms with E-state index in [0.717, 1.165) is 5.39 Å². The fraction of sp³-hybridized carbons (Fsp3) is 0.273. The molecule has 2 atom stereocenters. The van der Waals surface area contributed by atoms with E-state index in [1.807, 2.05) is 24.4 Å². The van der Waals surface area contributed by atoms with Crippen LogP contribution in [0.5, 0.6) is 0 Å². The number of anilines is 2. The van der Waals surface area contributed by atoms with E-state index in [4.69, 9.17) is 21.3 Å². The predicted octanol–water partition coefficient (Wildman–Crippen LogP) is 0.0416. The number of hydrogen-bond acceptors (Lipinski definition) is 6. The van der Waals surface area contributed by atoms with Crippen molar-refractivity contribution < 1.29 is 9.84 Å². The van der Waals surface area contributed by atoms with Crippen LogP contribution < -0.4 is 11.5 Å². The molecular formula is C11H13N5O2. The van der Waals surface area contributed by atoms with Crippen molar-refractivity contribution in [1.82, 2.24) is 14.5 Å². The van der Waals surface area contributed by atoms with Crippen molar-refractivity contribution in [3.8, 4) is 0 Å². The first-order chi connectivity index (χ1) is 8.69. The molecule has 2 aromatic rings. The molecule has 0 saturated carbocycles. The lowest BCUT2D eigenvalue weighted by Gasteiger charge is -2.14. The van der Waals surface area contributed by atoms with Crippen LogP contribution >= 0.6 is 0 Å². The number of aliphatic hydroxyl groups excluding tert-OH is 1. The van der Waals surface area contributed by atoms with E-state index in [0.29, 0.717) is 11.5 Å². The summed E-state index contributed by atoms with van der Waals surface area (Å²) in [6.07, 6.45) is 4.88. The van der Waals surface area contributed by atoms with Gasteiger partial charge in [0.05, 0.1) is 12.0 Å². The third kappa shape index (κ3) is 1.60. The van der Waals surface area contributed by atoms with E-state index < -0.39 is 0 Å². The summed E-state index contributed by atoms with van der Waals surface area (Å²) in [5.41, 5.74) is 12.0. The molecule has 3 rings (SSSR count). The molecule has 7 heteroatoms. The molecule has 1 aliphatic heterocycles. The largest absolute Gasteiger partial charge is 0.393 e. The van der Waals surface area contributed by atoms with Crippen molar-refractivity contribution >= 4 is 22.8 Å². The topological polar surface area (TPSA) is 112 Å². The average molecular weight is 247 g/mol. The van der Waals surface area contributed by atoms with Gasteiger partial charge in [-0.05, 0) is 12.1 Å². The standard InChI is InChI=1S/C11H13N5O2/c12-9-7-3-4-16(10(7)15-11(13)14-9)8-2-1-6(5-17)18-8/h1-4,6,8,17H,5H2,(H4,12,13,14,15)/t6-,8+/m0/s1. The Kier molecular flexibility index (Phi) is 2.42. The summed E-state index contributed by atoms with van der Waals surface area (Å²) >= 11 is 0. The highest BCUT2D eigenvalue weighted by molar-refractivity contribution is 5.87. The minimum atomic E-state index is -0.312. The summed E-state index contributed by atoms with van der Waals surface area (Å²) < 4.78 is 7.40. The molecule has 0 aromatic carbocycles. The summed E-state index contributed by atoms with van der Waals surface area (Å²) in [5.74, 6) is 0.470. The van der Waals surface area contributed by atoms with Gasteiger partial charge in [-0.2, -0.15) is 9.97 Å². The number of nitrogen functional groups attached to an aromatic ring is 2. The van der Waals surface area contributed by atoms with Crippen LogP contribution in [-0.2, 0) is 4.74 Å². The highest BCUT2D eigenvalue weighted by atomic mass is 16.5. The van der Waals surface area contributed by atoms with Crippen LogP contribution in [0.25, 0.3) is 11.0 Å². The zero-order valence-corrected chi connectivity index (χ0v) is 9.52. The van der Waals surface area contributed by atoms with E-state index in [-0.39, 0.29) is 24.9 Å². The van der Waals surface area contributed by atoms with E-state index in [9.17, 15) is 0 Å². The Morgan fingerprint density at radius 2 is 2.17 bits per heavy atom. The number of nitrogens with two attached hydrogens (primary N) is 2. The molecule has 0 saturated heterocycles. The molecule has 2 aromatic heterocycles. The Hall–Kier alpha value is -2.12. The third-order valence-electron chi connectivity index (χ3n) is 2.88. The summed E-state index contributed by atoms with van der Waals surface area (Å²) in [6.45, 7) is -0.0501. The van der Waals surface area contributed by atoms with Crippen molar-refractivity contribution in [2.24, 2.45) is 0 Å². The summed E-state index contributed by atoms with van der Waals surface area (Å²) in [6, 6.07) is 1.81. The first kappa shape index (κ1) is 11.0. The Morgan fingerprint density at radius 3 is 2.89 bits per heavy atom. The van der Waals surface area contributed by atoms with Crippen molar-refractivity contribution in [2.75, 3.05) is 18.1 Å². The maximum Gasteiger partial charge on any atom is 0.223 e. The second kappa shape index (κ2) is 3.97. The van der Waals surface area contributed by atoms with Crippen LogP contribution in [0.2, 0.25) is 0 Å². The quantitative estimate of drug-likeness (QED) is 0.646. The van der Waals surface area contributed by atoms with Crippen LogP contribution in [0.3, 0.4) is 0 Å². The molecule has 0 fully saturated rings. The highest BCUT2D eigenvalue weighted by Gasteiger charge is 2.22. The number of rotatable bonds is 2. The first-order valence-electron chi connectivity index (χ1n) is 5.53. The van der Waals surface area contributed by atoms with E-state index in [1.54, 1.807) is 4.57 Å². The van der Waals surface area contributed by atoms with Gasteiger partial charge in [-0.1, -0.05) is 6.08 Å². The third-order valence-corrected chi connectivity index (χ3v) is 2.88. The van der Waals surface area contributed by atoms with Gasteiger partial charge in [-0.15, -0.1) is 0 Å². The Morgan fingerprint density at radius 1 is 1.33 bits per heavy atom. The van der Waals surface area contributed by atoms with Gasteiger partial charge in [-0.25, -0.2) is 0 Å². The molecular weight excluding hydrogens is 234 g/mol. The second-order valence-electron chi connectivity index (χ2n) is 4.06. The maximum atomic E-state index is 9.03. The lowest BCUT2D eigenvalue weighted by molar-refractivity contribution is -0.00612. The minimum absolute atomic E-state index is 0.0501. The normalized spacial score (nSPS) is 22.9. The van der Waals surface area contributed by atoms with Crippen LogP contribution in [0, 0.1) is 0 Å². The van der Waals surface area contributed by atoms with Gasteiger partial charge in [0.15, 0.2) is 6.23 Å². The van der Waals surface area contributed by atoms with Crippen molar-refractivity contribution in [1.29, 1.82) is 0 Å². The van der Waals surface area contributed by atoms with Gasteiger partial charge in [0.1, 0.15) is 17.6 Å². The second-order valence-corrected chi connectivity index (χ2v) is 4.06. The zero-order chi connectivity index (χ0) is 12.7. The molecule has 0 amide bonds. The number of aliphatic hydroxyl groups is 1. The molecule has 7 nitrogen and oxygen atoms in total. The SMILES string of the molecule is Nc1nc(N)c2ccn([C@H]3C=C[C@@H](CO)O3)c2n1. The smallest absolute Gasteiger partial charge is 0.223 e. The summed E-state index contributed by atoms with van der Waals surface area (Å²) in [4.78, 5) is 8.07. The van der Waals surface area contributed by atoms with Crippen LogP contribution in [0.1, 0.15) is 6.23 Å². The number of fused-ring (bicyclic) bond motifs is 1. The van der Waals surface area contributed by atoms with E-state index in [1.165, 1.54) is 0 Å². The van der Waals surface area contributed by atoms with Gasteiger partial charge in [-0.3, -0.25) is 0 Å². The van der Waals surface area contributed by atoms with E-state index in [2.05, 4.69) is 9.97 Å². The Labute approximate surface area is 103 Å². The predicted molar refractivity (Wildman–Crippen MR) is 66.5 cm³/mol. The number of nitrogens with zero attached hydrogens (tertiary/aromatic N) is 3. The molecule has 5 N–H and O–H groups in total. The number of aromatic nitrogens is 3. The highest BCUT2D eigenvalue weighted by Crippen LogP contribution is 2.27. The lowest BCUT2D eigenvalue weighted by atomic mass is 10.4. The molecule has 1 aliphatic rings. The molecule has 0 aliphatic carbocycles. The monoisotopic (exact) mass is 247 g/mol. The summed E-state index contributed by atoms with van der Waals surface area (Å²) in [5, 5.41) is 9.76. The zero-order valence-electron chi connectivity index (χ0n) is 9.52. The lowest BCUT2D eigenvalue weighted by Crippen LogP contribution is -2.15. The number of ether oxygens (including phenoxy) is 1. The van der Waals surface area contributed by atoms with Crippen molar-refractivity contribution in [3.05, 3.63) is 24.4 Å². The van der Waals surface area contributed by atoms with Gasteiger partial charge < -0.3 is 25.9 Å². The van der Waals surface area contributed by atoms with Crippen LogP contribution in [0.15, 0.2) is 24.4 Å². The molecule has 3 heterocycles. The Balaban J connectivity index is 2.06. The van der Waals surface area contributed by atoms with Gasteiger partial charge in [0, 0.05) is 6.20 Å². The van der Waals surface area contributed by atoms with Crippen molar-refractivity contribution in [2.45, 2.75) is 12.3 Å². The van der Waals surface area contributed by atoms with Crippen LogP contribution in [-0.4, -0.2) is 32.4 Å². The fourth-order valence-electron chi connectivity index (χ4n) is 2.03. The molecule has 18 heavy (non-hydrogen) atoms. The maximum absolute atomic E-state index is 9.03. The first-order valence-corrected chi connectivity index (χ1v) is 5.53. The molecule has 0 bridgehead atoms. The van der Waals surface area contributed by atoms with E-state index >= 15 is 0 Å². The Bertz CT molecular complexity index is 621. The molecule has 94 valence electrons. The average Bonchev–Trinajstić information content (AvgIpc) is 2.93. The molecule has 0 unspecified atom stereocenters. The molecule has 0 spiro atoms. The summed E-state index contributed by atoms with van der Waals surface area (Å²) in [7, 11) is 0. The molecule has 0 radical (unpaired) electrons. The van der Waals surface area contributed by atoms with Gasteiger partial charge in [0.2, 0.25) is 5.95 Å². The van der Waals surface area contributed by atoms with Crippen molar-refractivity contribution in [3.63, 3.8) is 0 Å². The van der Waals surface area contributed by atoms with Gasteiger partial charge in [0.25, 0.3) is 0 Å². The number of hydrogen-bond donors (Lipinski definition) is 3. The van der Waals surface area contributed by atoms with Crippen LogP contribution in [0.4, 0.5) is 11.8 Å². The van der Waals surface area contributed by atoms with Gasteiger partial charge >= 0.3 is 0 Å².